The molecule has 0 N–H and O–H groups in total. The third-order valence-electron chi connectivity index (χ3n) is 20.6. The van der Waals surface area contributed by atoms with Crippen LogP contribution in [-0.4, -0.2) is 128 Å². The van der Waals surface area contributed by atoms with Crippen LogP contribution in [0.25, 0.3) is 0 Å². The Morgan fingerprint density at radius 2 is 1.23 bits per heavy atom. The summed E-state index contributed by atoms with van der Waals surface area (Å²) in [6.07, 6.45) is 6.69. The van der Waals surface area contributed by atoms with E-state index in [1.54, 1.807) is 82.3 Å². The summed E-state index contributed by atoms with van der Waals surface area (Å²) < 4.78 is 41.7. The van der Waals surface area contributed by atoms with E-state index >= 15 is 9.59 Å². The van der Waals surface area contributed by atoms with Gasteiger partial charge in [-0.15, -0.1) is 6.58 Å². The third kappa shape index (κ3) is 14.4. The van der Waals surface area contributed by atoms with Crippen molar-refractivity contribution in [2.75, 3.05) is 53.2 Å². The van der Waals surface area contributed by atoms with Gasteiger partial charge in [0.2, 0.25) is 12.1 Å². The number of aryl methyl sites for hydroxylation is 1. The van der Waals surface area contributed by atoms with Gasteiger partial charge in [-0.1, -0.05) is 93.9 Å². The van der Waals surface area contributed by atoms with Crippen molar-refractivity contribution in [2.45, 2.75) is 175 Å². The number of esters is 7. The number of carbonyl (C=O) groups excluding carboxylic acids is 8. The second kappa shape index (κ2) is 30.7. The second-order valence-corrected chi connectivity index (χ2v) is 25.4. The number of carbonyl (C=O) groups is 8. The molecule has 8 rings (SSSR count). The van der Waals surface area contributed by atoms with Crippen molar-refractivity contribution in [1.29, 1.82) is 0 Å². The number of fused-ring (bicyclic) bond motifs is 1. The molecule has 0 amide bonds. The minimum atomic E-state index is -1.20. The first-order valence-corrected chi connectivity index (χ1v) is 33.3. The standard InChI is InChI=1S/C74H96N2O15/c1-12-20-23-61(77)59(51-29-35-55(36-30-51)68(79)86-17-6)45-47(9)50(13-2)42-44-89-71(82)63(52-31-37-56(38-32-52)69(80)87-18-7)58-41-43-74(75(11,14-3)64(73(84)91-74)53-27-25-49(26-28-53)22-21-24-62(78)85-16-5)60(46-48(58)10)66-67-76(66,15-4)65(72(83)90-67)54-33-39-57(40-34-54)70(81)88-19-8/h12,25-40,47-48,50,58-60,63-67H,1,13-24,41-46H2,2-11H3/q+2. The molecule has 4 aromatic rings. The van der Waals surface area contributed by atoms with E-state index in [4.69, 9.17) is 33.2 Å². The van der Waals surface area contributed by atoms with Gasteiger partial charge in [-0.25, -0.2) is 24.0 Å². The van der Waals surface area contributed by atoms with Crippen molar-refractivity contribution in [1.82, 2.24) is 0 Å². The van der Waals surface area contributed by atoms with Crippen LogP contribution in [0.2, 0.25) is 0 Å². The number of ketones is 1. The highest BCUT2D eigenvalue weighted by atomic mass is 16.6. The molecular weight excluding hydrogens is 1160 g/mol. The lowest BCUT2D eigenvalue weighted by atomic mass is 9.74. The molecule has 4 fully saturated rings. The van der Waals surface area contributed by atoms with Gasteiger partial charge in [0.25, 0.3) is 12.0 Å². The predicted octanol–water partition coefficient (Wildman–Crippen LogP) is 12.8. The summed E-state index contributed by atoms with van der Waals surface area (Å²) in [6.45, 7) is 23.5. The number of hydrogen-bond acceptors (Lipinski definition) is 15. The third-order valence-corrected chi connectivity index (χ3v) is 20.6. The molecule has 0 radical (unpaired) electrons. The van der Waals surface area contributed by atoms with Gasteiger partial charge in [-0.05, 0) is 163 Å². The summed E-state index contributed by atoms with van der Waals surface area (Å²) in [5.74, 6) is -4.85. The van der Waals surface area contributed by atoms with Crippen LogP contribution in [0.5, 0.6) is 0 Å². The van der Waals surface area contributed by atoms with Crippen LogP contribution in [0.4, 0.5) is 0 Å². The molecule has 4 aromatic carbocycles. The van der Waals surface area contributed by atoms with E-state index in [-0.39, 0.29) is 88.8 Å². The average Bonchev–Trinajstić information content (AvgIpc) is 1.49. The van der Waals surface area contributed by atoms with Gasteiger partial charge in [-0.3, -0.25) is 23.3 Å². The Morgan fingerprint density at radius 3 is 1.77 bits per heavy atom. The number of nitrogens with zero attached hydrogens (tertiary/aromatic N) is 2. The highest BCUT2D eigenvalue weighted by Crippen LogP contribution is 2.66. The Morgan fingerprint density at radius 1 is 0.681 bits per heavy atom. The van der Waals surface area contributed by atoms with Gasteiger partial charge in [0, 0.05) is 36.3 Å². The van der Waals surface area contributed by atoms with Gasteiger partial charge in [-0.2, -0.15) is 0 Å². The molecule has 3 heterocycles. The zero-order valence-electron chi connectivity index (χ0n) is 55.1. The van der Waals surface area contributed by atoms with Crippen LogP contribution in [0, 0.1) is 29.6 Å². The first-order valence-electron chi connectivity index (χ1n) is 33.3. The molecule has 14 unspecified atom stereocenters. The lowest BCUT2D eigenvalue weighted by Crippen LogP contribution is -2.65. The SMILES string of the molecule is C=CCCC(=O)C(CC(C)C(CC)CCOC(=O)C(c1ccc(C(=O)OCC)cc1)C1CCC2(OC(=O)C(c3ccc(CCCC(=O)OCC)cc3)[N+]2(C)CC)C(C2C3OC(=O)C(c4ccc(C(=O)OCC)cc4)[N+]32CC)CC1C)c1ccc(C(=O)OCC)cc1. The van der Waals surface area contributed by atoms with Crippen molar-refractivity contribution in [3.63, 3.8) is 0 Å². The highest BCUT2D eigenvalue weighted by Gasteiger charge is 2.86. The number of allylic oxidation sites excluding steroid dienone is 1. The molecule has 1 spiro atoms. The summed E-state index contributed by atoms with van der Waals surface area (Å²) in [5.41, 5.74) is 3.91. The largest absolute Gasteiger partial charge is 0.466 e. The van der Waals surface area contributed by atoms with Crippen LogP contribution >= 0.6 is 0 Å². The molecule has 0 aromatic heterocycles. The van der Waals surface area contributed by atoms with Gasteiger partial charge in [0.05, 0.1) is 75.8 Å². The Bertz CT molecular complexity index is 3220. The zero-order valence-corrected chi connectivity index (χ0v) is 55.1. The first kappa shape index (κ1) is 69.4. The molecular formula is C74H96N2O15+2. The molecule has 3 aliphatic heterocycles. The monoisotopic (exact) mass is 1250 g/mol. The molecule has 0 bridgehead atoms. The quantitative estimate of drug-likeness (QED) is 0.0151. The van der Waals surface area contributed by atoms with E-state index < -0.39 is 65.7 Å². The van der Waals surface area contributed by atoms with Crippen molar-refractivity contribution in [3.05, 3.63) is 154 Å². The number of rotatable bonds is 31. The lowest BCUT2D eigenvalue weighted by molar-refractivity contribution is -0.990. The number of Topliss-reactive ketones (excluding diaryl/α,β-unsaturated/α-hetero) is 1. The van der Waals surface area contributed by atoms with Crippen LogP contribution in [0.3, 0.4) is 0 Å². The van der Waals surface area contributed by atoms with Crippen LogP contribution < -0.4 is 0 Å². The van der Waals surface area contributed by atoms with Crippen LogP contribution in [0.15, 0.2) is 110 Å². The van der Waals surface area contributed by atoms with Crippen LogP contribution in [-0.2, 0) is 63.6 Å². The van der Waals surface area contributed by atoms with Crippen molar-refractivity contribution < 1.29 is 80.5 Å². The maximum atomic E-state index is 15.5. The molecule has 17 nitrogen and oxygen atoms in total. The molecule has 1 aliphatic carbocycles. The van der Waals surface area contributed by atoms with Gasteiger partial charge in [0.15, 0.2) is 6.04 Å². The van der Waals surface area contributed by atoms with Gasteiger partial charge >= 0.3 is 41.8 Å². The number of morpholine rings is 1. The molecule has 3 saturated heterocycles. The summed E-state index contributed by atoms with van der Waals surface area (Å²) in [7, 11) is 2.11. The molecule has 17 heteroatoms. The molecule has 1 saturated carbocycles. The molecule has 14 atom stereocenters. The van der Waals surface area contributed by atoms with Crippen LogP contribution in [0.1, 0.15) is 209 Å². The number of ether oxygens (including phenoxy) is 7. The van der Waals surface area contributed by atoms with E-state index in [9.17, 15) is 28.8 Å². The summed E-state index contributed by atoms with van der Waals surface area (Å²) in [6, 6.07) is 27.2. The van der Waals surface area contributed by atoms with Crippen molar-refractivity contribution >= 4 is 47.6 Å². The van der Waals surface area contributed by atoms with Gasteiger partial charge < -0.3 is 33.2 Å². The van der Waals surface area contributed by atoms with E-state index in [2.05, 4.69) is 48.2 Å². The summed E-state index contributed by atoms with van der Waals surface area (Å²) in [5, 5.41) is 0. The van der Waals surface area contributed by atoms with Crippen molar-refractivity contribution in [3.8, 4) is 0 Å². The maximum absolute atomic E-state index is 15.5. The molecule has 4 aliphatic rings. The first-order chi connectivity index (χ1) is 43.8. The second-order valence-electron chi connectivity index (χ2n) is 25.4. The number of hydrogen-bond donors (Lipinski definition) is 0. The minimum absolute atomic E-state index is 0.0339. The fourth-order valence-corrected chi connectivity index (χ4v) is 15.7. The van der Waals surface area contributed by atoms with E-state index in [1.165, 1.54) is 0 Å². The highest BCUT2D eigenvalue weighted by molar-refractivity contribution is 5.91. The molecule has 91 heavy (non-hydrogen) atoms. The average molecular weight is 1250 g/mol. The normalized spacial score (nSPS) is 26.2. The summed E-state index contributed by atoms with van der Waals surface area (Å²) >= 11 is 0. The minimum Gasteiger partial charge on any atom is -0.466 e. The van der Waals surface area contributed by atoms with Gasteiger partial charge in [0.1, 0.15) is 11.7 Å². The fourth-order valence-electron chi connectivity index (χ4n) is 15.7. The Balaban J connectivity index is 1.14. The topological polar surface area (TPSA) is 201 Å². The zero-order chi connectivity index (χ0) is 65.8. The number of quaternary nitrogens is 2. The fraction of sp³-hybridized carbons (Fsp3) is 0.541. The van der Waals surface area contributed by atoms with E-state index in [0.717, 1.165) is 23.1 Å². The van der Waals surface area contributed by atoms with E-state index in [0.29, 0.717) is 112 Å². The molecule has 490 valence electrons. The lowest BCUT2D eigenvalue weighted by Gasteiger charge is -2.48. The number of benzene rings is 4. The Kier molecular flexibility index (Phi) is 23.4. The smallest absolute Gasteiger partial charge is 0.374 e. The van der Waals surface area contributed by atoms with E-state index in [1.807, 2.05) is 48.5 Å². The van der Waals surface area contributed by atoms with Crippen molar-refractivity contribution in [2.24, 2.45) is 29.6 Å². The number of likely N-dealkylation sites (N-methyl/N-ethyl adjacent to an activating group) is 2. The maximum Gasteiger partial charge on any atom is 0.374 e. The predicted molar refractivity (Wildman–Crippen MR) is 342 cm³/mol. The Hall–Kier alpha value is -7.50. The summed E-state index contributed by atoms with van der Waals surface area (Å²) in [4.78, 5) is 110. The Labute approximate surface area is 537 Å².